The Kier molecular flexibility index (Phi) is 5.62. The van der Waals surface area contributed by atoms with Crippen LogP contribution in [0.3, 0.4) is 0 Å². The number of nitrogens with zero attached hydrogens (tertiary/aromatic N) is 1. The van der Waals surface area contributed by atoms with Crippen LogP contribution in [0.1, 0.15) is 30.6 Å². The first-order chi connectivity index (χ1) is 10.1. The third-order valence-electron chi connectivity index (χ3n) is 3.93. The van der Waals surface area contributed by atoms with E-state index in [1.54, 1.807) is 25.3 Å². The minimum atomic E-state index is 0.595. The first kappa shape index (κ1) is 15.8. The molecule has 1 fully saturated rings. The Morgan fingerprint density at radius 3 is 2.57 bits per heavy atom. The summed E-state index contributed by atoms with van der Waals surface area (Å²) in [7, 11) is 1.59. The average Bonchev–Trinajstić information content (AvgIpc) is 2.46. The molecule has 0 amide bonds. The van der Waals surface area contributed by atoms with Crippen LogP contribution in [0, 0.1) is 11.8 Å². The summed E-state index contributed by atoms with van der Waals surface area (Å²) in [6.07, 6.45) is 2.13. The number of piperidine rings is 1. The molecule has 1 aliphatic rings. The third-order valence-corrected chi connectivity index (χ3v) is 3.93. The summed E-state index contributed by atoms with van der Waals surface area (Å²) in [6, 6.07) is 5.24. The Labute approximate surface area is 127 Å². The number of likely N-dealkylation sites (tertiary alicyclic amines) is 1. The maximum Gasteiger partial charge on any atom is 0.161 e. The van der Waals surface area contributed by atoms with Crippen molar-refractivity contribution in [1.82, 2.24) is 4.90 Å². The number of methoxy groups -OCH3 is 1. The predicted octanol–water partition coefficient (Wildman–Crippen LogP) is 2.86. The zero-order valence-corrected chi connectivity index (χ0v) is 13.2. The van der Waals surface area contributed by atoms with E-state index in [1.165, 1.54) is 6.42 Å². The van der Waals surface area contributed by atoms with Gasteiger partial charge in [-0.05, 0) is 36.5 Å². The van der Waals surface area contributed by atoms with E-state index in [-0.39, 0.29) is 0 Å². The van der Waals surface area contributed by atoms with Gasteiger partial charge in [-0.15, -0.1) is 0 Å². The molecule has 21 heavy (non-hydrogen) atoms. The zero-order chi connectivity index (χ0) is 15.2. The van der Waals surface area contributed by atoms with E-state index in [0.717, 1.165) is 37.8 Å². The number of hydrogen-bond acceptors (Lipinski definition) is 4. The highest BCUT2D eigenvalue weighted by molar-refractivity contribution is 5.76. The summed E-state index contributed by atoms with van der Waals surface area (Å²) in [4.78, 5) is 13.2. The number of aldehydes is 1. The van der Waals surface area contributed by atoms with Gasteiger partial charge >= 0.3 is 0 Å². The van der Waals surface area contributed by atoms with E-state index < -0.39 is 0 Å². The molecule has 1 aromatic carbocycles. The molecular weight excluding hydrogens is 266 g/mol. The molecule has 0 bridgehead atoms. The maximum atomic E-state index is 10.8. The van der Waals surface area contributed by atoms with Crippen LogP contribution in [0.4, 0.5) is 0 Å². The normalized spacial score (nSPS) is 22.8. The van der Waals surface area contributed by atoms with Gasteiger partial charge in [0.1, 0.15) is 12.9 Å². The lowest BCUT2D eigenvalue weighted by molar-refractivity contribution is 0.112. The largest absolute Gasteiger partial charge is 0.493 e. The first-order valence-electron chi connectivity index (χ1n) is 7.60. The Morgan fingerprint density at radius 1 is 1.24 bits per heavy atom. The molecule has 2 rings (SSSR count). The van der Waals surface area contributed by atoms with Crippen LogP contribution >= 0.6 is 0 Å². The summed E-state index contributed by atoms with van der Waals surface area (Å²) >= 11 is 0. The van der Waals surface area contributed by atoms with E-state index in [1.807, 2.05) is 0 Å². The van der Waals surface area contributed by atoms with Gasteiger partial charge < -0.3 is 9.47 Å². The van der Waals surface area contributed by atoms with Crippen molar-refractivity contribution >= 4 is 6.29 Å². The van der Waals surface area contributed by atoms with Gasteiger partial charge in [0.15, 0.2) is 11.5 Å². The molecule has 2 atom stereocenters. The second-order valence-electron chi connectivity index (χ2n) is 6.08. The standard InChI is InChI=1S/C17H25NO3/c1-13-8-14(2)11-18(10-13)6-7-21-16-5-4-15(12-19)9-17(16)20-3/h4-5,9,12-14H,6-8,10-11H2,1-3H3/t13-,14+. The van der Waals surface area contributed by atoms with E-state index >= 15 is 0 Å². The molecule has 4 nitrogen and oxygen atoms in total. The Balaban J connectivity index is 1.87. The fourth-order valence-corrected chi connectivity index (χ4v) is 3.14. The molecule has 1 heterocycles. The predicted molar refractivity (Wildman–Crippen MR) is 83.3 cm³/mol. The van der Waals surface area contributed by atoms with Crippen LogP contribution in [0.15, 0.2) is 18.2 Å². The number of rotatable bonds is 6. The van der Waals surface area contributed by atoms with Gasteiger partial charge in [-0.2, -0.15) is 0 Å². The third kappa shape index (κ3) is 4.46. The highest BCUT2D eigenvalue weighted by Crippen LogP contribution is 2.27. The van der Waals surface area contributed by atoms with Crippen molar-refractivity contribution in [3.63, 3.8) is 0 Å². The minimum absolute atomic E-state index is 0.595. The molecule has 0 N–H and O–H groups in total. The van der Waals surface area contributed by atoms with Crippen molar-refractivity contribution in [2.75, 3.05) is 33.4 Å². The summed E-state index contributed by atoms with van der Waals surface area (Å²) in [5.74, 6) is 2.83. The van der Waals surface area contributed by atoms with Gasteiger partial charge in [-0.1, -0.05) is 13.8 Å². The Hall–Kier alpha value is -1.55. The number of benzene rings is 1. The molecule has 0 spiro atoms. The number of carbonyl (C=O) groups is 1. The lowest BCUT2D eigenvalue weighted by Crippen LogP contribution is -2.40. The topological polar surface area (TPSA) is 38.8 Å². The molecule has 0 unspecified atom stereocenters. The van der Waals surface area contributed by atoms with Crippen molar-refractivity contribution in [2.45, 2.75) is 20.3 Å². The van der Waals surface area contributed by atoms with Gasteiger partial charge in [0.2, 0.25) is 0 Å². The van der Waals surface area contributed by atoms with Crippen molar-refractivity contribution in [3.05, 3.63) is 23.8 Å². The summed E-state index contributed by atoms with van der Waals surface area (Å²) < 4.78 is 11.1. The van der Waals surface area contributed by atoms with Crippen LogP contribution in [0.2, 0.25) is 0 Å². The monoisotopic (exact) mass is 291 g/mol. The lowest BCUT2D eigenvalue weighted by Gasteiger charge is -2.34. The molecule has 1 saturated heterocycles. The molecule has 0 radical (unpaired) electrons. The number of carbonyl (C=O) groups excluding carboxylic acids is 1. The fraction of sp³-hybridized carbons (Fsp3) is 0.588. The lowest BCUT2D eigenvalue weighted by atomic mass is 9.92. The quantitative estimate of drug-likeness (QED) is 0.756. The fourth-order valence-electron chi connectivity index (χ4n) is 3.14. The summed E-state index contributed by atoms with van der Waals surface area (Å²) in [6.45, 7) is 8.47. The van der Waals surface area contributed by atoms with E-state index in [0.29, 0.717) is 23.7 Å². The SMILES string of the molecule is COc1cc(C=O)ccc1OCCN1C[C@H](C)C[C@H](C)C1. The van der Waals surface area contributed by atoms with Gasteiger partial charge in [0.25, 0.3) is 0 Å². The second kappa shape index (κ2) is 7.46. The van der Waals surface area contributed by atoms with Crippen LogP contribution in [0.25, 0.3) is 0 Å². The zero-order valence-electron chi connectivity index (χ0n) is 13.2. The highest BCUT2D eigenvalue weighted by atomic mass is 16.5. The first-order valence-corrected chi connectivity index (χ1v) is 7.60. The molecule has 0 aliphatic carbocycles. The minimum Gasteiger partial charge on any atom is -0.493 e. The summed E-state index contributed by atoms with van der Waals surface area (Å²) in [5.41, 5.74) is 0.595. The molecule has 1 aliphatic heterocycles. The number of ether oxygens (including phenoxy) is 2. The maximum absolute atomic E-state index is 10.8. The molecule has 116 valence electrons. The smallest absolute Gasteiger partial charge is 0.161 e. The summed E-state index contributed by atoms with van der Waals surface area (Å²) in [5, 5.41) is 0. The highest BCUT2D eigenvalue weighted by Gasteiger charge is 2.21. The molecular formula is C17H25NO3. The number of hydrogen-bond donors (Lipinski definition) is 0. The van der Waals surface area contributed by atoms with Crippen molar-refractivity contribution < 1.29 is 14.3 Å². The van der Waals surface area contributed by atoms with Crippen molar-refractivity contribution in [1.29, 1.82) is 0 Å². The van der Waals surface area contributed by atoms with Crippen LogP contribution in [0.5, 0.6) is 11.5 Å². The van der Waals surface area contributed by atoms with Gasteiger partial charge in [0, 0.05) is 25.2 Å². The Morgan fingerprint density at radius 2 is 1.95 bits per heavy atom. The second-order valence-corrected chi connectivity index (χ2v) is 6.08. The average molecular weight is 291 g/mol. The van der Waals surface area contributed by atoms with Gasteiger partial charge in [-0.25, -0.2) is 0 Å². The van der Waals surface area contributed by atoms with Crippen LogP contribution in [-0.2, 0) is 0 Å². The molecule has 0 saturated carbocycles. The van der Waals surface area contributed by atoms with Gasteiger partial charge in [-0.3, -0.25) is 9.69 Å². The van der Waals surface area contributed by atoms with Crippen LogP contribution in [-0.4, -0.2) is 44.5 Å². The Bertz CT molecular complexity index is 465. The van der Waals surface area contributed by atoms with E-state index in [4.69, 9.17) is 9.47 Å². The van der Waals surface area contributed by atoms with E-state index in [2.05, 4.69) is 18.7 Å². The molecule has 4 heteroatoms. The van der Waals surface area contributed by atoms with Crippen molar-refractivity contribution in [2.24, 2.45) is 11.8 Å². The molecule has 0 aromatic heterocycles. The van der Waals surface area contributed by atoms with Crippen LogP contribution < -0.4 is 9.47 Å². The van der Waals surface area contributed by atoms with E-state index in [9.17, 15) is 4.79 Å². The van der Waals surface area contributed by atoms with Gasteiger partial charge in [0.05, 0.1) is 7.11 Å². The van der Waals surface area contributed by atoms with Crippen molar-refractivity contribution in [3.8, 4) is 11.5 Å². The molecule has 1 aromatic rings.